The highest BCUT2D eigenvalue weighted by atomic mass is 35.5. The molecule has 2 aromatic heterocycles. The number of nitrogens with one attached hydrogen (secondary N) is 1. The van der Waals surface area contributed by atoms with Gasteiger partial charge in [-0.3, -0.25) is 4.79 Å². The number of hydrogen-bond acceptors (Lipinski definition) is 8. The van der Waals surface area contributed by atoms with Crippen LogP contribution in [0.1, 0.15) is 15.2 Å². The number of Topliss-reactive ketones (excluding diaryl/α,β-unsaturated/α-hetero) is 1. The molecule has 130 valence electrons. The zero-order valence-electron chi connectivity index (χ0n) is 13.4. The lowest BCUT2D eigenvalue weighted by molar-refractivity contribution is 0.102. The van der Waals surface area contributed by atoms with E-state index < -0.39 is 0 Å². The molecule has 0 saturated carbocycles. The van der Waals surface area contributed by atoms with Crippen molar-refractivity contribution in [2.45, 2.75) is 11.3 Å². The fourth-order valence-corrected chi connectivity index (χ4v) is 4.74. The number of carbonyl (C=O) groups excluding carboxylic acids is 1. The molecule has 0 fully saturated rings. The van der Waals surface area contributed by atoms with Gasteiger partial charge in [0.2, 0.25) is 5.13 Å². The Labute approximate surface area is 162 Å². The van der Waals surface area contributed by atoms with Gasteiger partial charge < -0.3 is 10.1 Å². The van der Waals surface area contributed by atoms with Crippen molar-refractivity contribution >= 4 is 62.6 Å². The highest BCUT2D eigenvalue weighted by molar-refractivity contribution is 8.01. The molecule has 2 heterocycles. The van der Waals surface area contributed by atoms with Gasteiger partial charge in [0, 0.05) is 0 Å². The number of ether oxygens (including phenoxy) is 1. The number of ketones is 1. The molecule has 0 aliphatic rings. The number of thioether (sulfide) groups is 1. The van der Waals surface area contributed by atoms with Crippen molar-refractivity contribution in [3.05, 3.63) is 45.1 Å². The molecule has 0 unspecified atom stereocenters. The number of carbonyl (C=O) groups is 1. The monoisotopic (exact) mass is 411 g/mol. The van der Waals surface area contributed by atoms with Crippen LogP contribution in [-0.4, -0.2) is 28.8 Å². The molecular formula is C16H14ClN3O2S3. The molecule has 0 aliphatic heterocycles. The van der Waals surface area contributed by atoms with Crippen molar-refractivity contribution in [1.29, 1.82) is 0 Å². The van der Waals surface area contributed by atoms with Gasteiger partial charge in [0.25, 0.3) is 0 Å². The summed E-state index contributed by atoms with van der Waals surface area (Å²) in [6.07, 6.45) is 0. The molecule has 3 rings (SSSR count). The van der Waals surface area contributed by atoms with Crippen molar-refractivity contribution in [3.63, 3.8) is 0 Å². The summed E-state index contributed by atoms with van der Waals surface area (Å²) in [5.41, 5.74) is 1.95. The van der Waals surface area contributed by atoms with Crippen LogP contribution in [0.2, 0.25) is 4.34 Å². The second-order valence-electron chi connectivity index (χ2n) is 5.02. The molecule has 3 aromatic rings. The van der Waals surface area contributed by atoms with E-state index >= 15 is 0 Å². The Kier molecular flexibility index (Phi) is 5.95. The lowest BCUT2D eigenvalue weighted by Crippen LogP contribution is -1.98. The van der Waals surface area contributed by atoms with Gasteiger partial charge in [-0.2, -0.15) is 0 Å². The first-order valence-electron chi connectivity index (χ1n) is 7.21. The van der Waals surface area contributed by atoms with Crippen LogP contribution >= 0.6 is 46.0 Å². The third-order valence-corrected chi connectivity index (χ3v) is 6.42. The largest absolute Gasteiger partial charge is 0.495 e. The Hall–Kier alpha value is -1.61. The SMILES string of the molecule is COc1ccc(C)cc1Nc1nnc(SCC(=O)c2ccc(Cl)s2)s1. The highest BCUT2D eigenvalue weighted by Gasteiger charge is 2.13. The summed E-state index contributed by atoms with van der Waals surface area (Å²) in [5.74, 6) is 1.07. The van der Waals surface area contributed by atoms with Crippen molar-refractivity contribution in [1.82, 2.24) is 10.2 Å². The van der Waals surface area contributed by atoms with Gasteiger partial charge >= 0.3 is 0 Å². The van der Waals surface area contributed by atoms with Crippen molar-refractivity contribution in [3.8, 4) is 5.75 Å². The zero-order chi connectivity index (χ0) is 17.8. The minimum atomic E-state index is 0.0342. The summed E-state index contributed by atoms with van der Waals surface area (Å²) < 4.78 is 6.68. The Morgan fingerprint density at radius 2 is 2.12 bits per heavy atom. The third-order valence-electron chi connectivity index (χ3n) is 3.18. The lowest BCUT2D eigenvalue weighted by Gasteiger charge is -2.09. The van der Waals surface area contributed by atoms with E-state index in [2.05, 4.69) is 15.5 Å². The standard InChI is InChI=1S/C16H14ClN3O2S3/c1-9-3-4-12(22-2)10(7-9)18-15-19-20-16(25-15)23-8-11(21)13-5-6-14(17)24-13/h3-7H,8H2,1-2H3,(H,18,19). The van der Waals surface area contributed by atoms with Gasteiger partial charge in [-0.15, -0.1) is 21.5 Å². The maximum atomic E-state index is 12.1. The molecule has 0 atom stereocenters. The molecule has 0 spiro atoms. The van der Waals surface area contributed by atoms with Crippen LogP contribution in [0.5, 0.6) is 5.75 Å². The third kappa shape index (κ3) is 4.72. The van der Waals surface area contributed by atoms with Gasteiger partial charge in [-0.1, -0.05) is 40.8 Å². The van der Waals surface area contributed by atoms with Gasteiger partial charge in [-0.25, -0.2) is 0 Å². The number of nitrogens with zero attached hydrogens (tertiary/aromatic N) is 2. The first-order valence-corrected chi connectivity index (χ1v) is 10.2. The summed E-state index contributed by atoms with van der Waals surface area (Å²) >= 11 is 9.90. The topological polar surface area (TPSA) is 64.1 Å². The Bertz CT molecular complexity index is 894. The molecule has 1 aromatic carbocycles. The van der Waals surface area contributed by atoms with Crippen LogP contribution in [0, 0.1) is 6.92 Å². The fourth-order valence-electron chi connectivity index (χ4n) is 2.02. The van der Waals surface area contributed by atoms with E-state index in [1.54, 1.807) is 19.2 Å². The van der Waals surface area contributed by atoms with Gasteiger partial charge in [0.05, 0.1) is 27.8 Å². The predicted molar refractivity (Wildman–Crippen MR) is 105 cm³/mol. The van der Waals surface area contributed by atoms with Crippen LogP contribution in [0.3, 0.4) is 0 Å². The molecule has 25 heavy (non-hydrogen) atoms. The Morgan fingerprint density at radius 3 is 2.84 bits per heavy atom. The van der Waals surface area contributed by atoms with E-state index in [9.17, 15) is 4.79 Å². The van der Waals surface area contributed by atoms with Crippen LogP contribution in [-0.2, 0) is 0 Å². The molecule has 9 heteroatoms. The minimum Gasteiger partial charge on any atom is -0.495 e. The average Bonchev–Trinajstić information content (AvgIpc) is 3.22. The number of thiophene rings is 1. The highest BCUT2D eigenvalue weighted by Crippen LogP contribution is 2.33. The second kappa shape index (κ2) is 8.18. The van der Waals surface area contributed by atoms with Crippen LogP contribution in [0.4, 0.5) is 10.8 Å². The minimum absolute atomic E-state index is 0.0342. The van der Waals surface area contributed by atoms with E-state index in [4.69, 9.17) is 16.3 Å². The first-order chi connectivity index (χ1) is 12.0. The maximum absolute atomic E-state index is 12.1. The molecular weight excluding hydrogens is 398 g/mol. The van der Waals surface area contributed by atoms with Crippen molar-refractivity contribution < 1.29 is 9.53 Å². The molecule has 0 bridgehead atoms. The number of benzene rings is 1. The van der Waals surface area contributed by atoms with Crippen LogP contribution in [0.15, 0.2) is 34.7 Å². The molecule has 5 nitrogen and oxygen atoms in total. The zero-order valence-corrected chi connectivity index (χ0v) is 16.6. The number of hydrogen-bond donors (Lipinski definition) is 1. The number of anilines is 2. The maximum Gasteiger partial charge on any atom is 0.210 e. The summed E-state index contributed by atoms with van der Waals surface area (Å²) in [6.45, 7) is 2.01. The van der Waals surface area contributed by atoms with E-state index in [0.717, 1.165) is 21.3 Å². The quantitative estimate of drug-likeness (QED) is 0.421. The van der Waals surface area contributed by atoms with E-state index in [1.807, 2.05) is 25.1 Å². The summed E-state index contributed by atoms with van der Waals surface area (Å²) in [4.78, 5) is 12.8. The lowest BCUT2D eigenvalue weighted by atomic mass is 10.2. The fraction of sp³-hybridized carbons (Fsp3) is 0.188. The molecule has 1 N–H and O–H groups in total. The van der Waals surface area contributed by atoms with Crippen LogP contribution < -0.4 is 10.1 Å². The Morgan fingerprint density at radius 1 is 1.28 bits per heavy atom. The van der Waals surface area contributed by atoms with Gasteiger partial charge in [0.1, 0.15) is 5.75 Å². The summed E-state index contributed by atoms with van der Waals surface area (Å²) in [6, 6.07) is 9.34. The molecule has 0 radical (unpaired) electrons. The number of rotatable bonds is 7. The van der Waals surface area contributed by atoms with E-state index in [1.165, 1.54) is 34.4 Å². The summed E-state index contributed by atoms with van der Waals surface area (Å²) in [5, 5.41) is 12.1. The van der Waals surface area contributed by atoms with E-state index in [0.29, 0.717) is 20.1 Å². The van der Waals surface area contributed by atoms with Gasteiger partial charge in [0.15, 0.2) is 10.1 Å². The van der Waals surface area contributed by atoms with Crippen LogP contribution in [0.25, 0.3) is 0 Å². The number of aryl methyl sites for hydroxylation is 1. The number of methoxy groups -OCH3 is 1. The Balaban J connectivity index is 1.63. The average molecular weight is 412 g/mol. The molecule has 0 aliphatic carbocycles. The molecule has 0 amide bonds. The normalized spacial score (nSPS) is 10.7. The number of aromatic nitrogens is 2. The van der Waals surface area contributed by atoms with Gasteiger partial charge in [-0.05, 0) is 36.8 Å². The van der Waals surface area contributed by atoms with E-state index in [-0.39, 0.29) is 5.78 Å². The smallest absolute Gasteiger partial charge is 0.210 e. The first kappa shape index (κ1) is 18.2. The van der Waals surface area contributed by atoms with Crippen molar-refractivity contribution in [2.24, 2.45) is 0 Å². The number of halogens is 1. The van der Waals surface area contributed by atoms with Crippen molar-refractivity contribution in [2.75, 3.05) is 18.2 Å². The molecule has 0 saturated heterocycles. The predicted octanol–water partition coefficient (Wildman–Crippen LogP) is 5.29. The second-order valence-corrected chi connectivity index (χ2v) is 8.93. The summed E-state index contributed by atoms with van der Waals surface area (Å²) in [7, 11) is 1.62.